The van der Waals surface area contributed by atoms with Crippen LogP contribution in [0.5, 0.6) is 5.75 Å². The van der Waals surface area contributed by atoms with Crippen LogP contribution in [0.4, 0.5) is 0 Å². The molecule has 1 aromatic carbocycles. The molecule has 0 unspecified atom stereocenters. The van der Waals surface area contributed by atoms with Crippen LogP contribution >= 0.6 is 0 Å². The van der Waals surface area contributed by atoms with Crippen molar-refractivity contribution in [3.63, 3.8) is 0 Å². The first kappa shape index (κ1) is 12.5. The summed E-state index contributed by atoms with van der Waals surface area (Å²) in [6, 6.07) is 6.11. The Morgan fingerprint density at radius 3 is 2.83 bits per heavy atom. The molecule has 4 nitrogen and oxygen atoms in total. The van der Waals surface area contributed by atoms with E-state index in [1.807, 2.05) is 19.1 Å². The minimum absolute atomic E-state index is 0.185. The SMILES string of the molecule is COc1cc2cc(C)[nH]c2cc1CCCC(=O)O. The number of carboxylic acid groups (broad SMARTS) is 1. The molecule has 0 saturated heterocycles. The fraction of sp³-hybridized carbons (Fsp3) is 0.357. The monoisotopic (exact) mass is 247 g/mol. The minimum atomic E-state index is -0.759. The molecule has 0 spiro atoms. The summed E-state index contributed by atoms with van der Waals surface area (Å²) in [6.45, 7) is 2.01. The van der Waals surface area contributed by atoms with Crippen LogP contribution < -0.4 is 4.74 Å². The predicted molar refractivity (Wildman–Crippen MR) is 70.2 cm³/mol. The fourth-order valence-electron chi connectivity index (χ4n) is 2.17. The highest BCUT2D eigenvalue weighted by molar-refractivity contribution is 5.83. The van der Waals surface area contributed by atoms with Crippen molar-refractivity contribution in [1.29, 1.82) is 0 Å². The Morgan fingerprint density at radius 2 is 2.17 bits per heavy atom. The number of ether oxygens (including phenoxy) is 1. The second-order valence-electron chi connectivity index (χ2n) is 4.45. The third-order valence-corrected chi connectivity index (χ3v) is 2.99. The van der Waals surface area contributed by atoms with Gasteiger partial charge in [-0.1, -0.05) is 0 Å². The summed E-state index contributed by atoms with van der Waals surface area (Å²) < 4.78 is 5.36. The van der Waals surface area contributed by atoms with Gasteiger partial charge in [-0.25, -0.2) is 0 Å². The first-order chi connectivity index (χ1) is 8.60. The van der Waals surface area contributed by atoms with Gasteiger partial charge in [-0.2, -0.15) is 0 Å². The summed E-state index contributed by atoms with van der Waals surface area (Å²) in [6.07, 6.45) is 1.52. The molecule has 1 aromatic heterocycles. The van der Waals surface area contributed by atoms with Crippen molar-refractivity contribution in [2.75, 3.05) is 7.11 Å². The maximum Gasteiger partial charge on any atom is 0.303 e. The van der Waals surface area contributed by atoms with Crippen LogP contribution in [0.25, 0.3) is 10.9 Å². The Balaban J connectivity index is 2.26. The van der Waals surface area contributed by atoms with Crippen molar-refractivity contribution >= 4 is 16.9 Å². The molecule has 0 aliphatic rings. The molecule has 2 aromatic rings. The number of hydrogen-bond acceptors (Lipinski definition) is 2. The van der Waals surface area contributed by atoms with E-state index in [1.165, 1.54) is 0 Å². The molecule has 0 radical (unpaired) electrons. The quantitative estimate of drug-likeness (QED) is 0.854. The van der Waals surface area contributed by atoms with Crippen molar-refractivity contribution < 1.29 is 14.6 Å². The third-order valence-electron chi connectivity index (χ3n) is 2.99. The van der Waals surface area contributed by atoms with Crippen LogP contribution in [-0.2, 0) is 11.2 Å². The smallest absolute Gasteiger partial charge is 0.303 e. The maximum atomic E-state index is 10.5. The van der Waals surface area contributed by atoms with E-state index in [0.717, 1.165) is 27.9 Å². The number of carboxylic acids is 1. The van der Waals surface area contributed by atoms with Crippen LogP contribution in [0.3, 0.4) is 0 Å². The van der Waals surface area contributed by atoms with Gasteiger partial charge in [0.1, 0.15) is 5.75 Å². The number of aromatic nitrogens is 1. The number of aliphatic carboxylic acids is 1. The number of aromatic amines is 1. The lowest BCUT2D eigenvalue weighted by Crippen LogP contribution is -1.97. The molecular weight excluding hydrogens is 230 g/mol. The summed E-state index contributed by atoms with van der Waals surface area (Å²) in [5.41, 5.74) is 3.22. The zero-order valence-electron chi connectivity index (χ0n) is 10.6. The Kier molecular flexibility index (Phi) is 3.55. The van der Waals surface area contributed by atoms with Gasteiger partial charge in [0.05, 0.1) is 7.11 Å². The molecule has 0 saturated carbocycles. The zero-order valence-corrected chi connectivity index (χ0v) is 10.6. The Morgan fingerprint density at radius 1 is 1.39 bits per heavy atom. The molecule has 0 bridgehead atoms. The highest BCUT2D eigenvalue weighted by atomic mass is 16.5. The molecule has 2 N–H and O–H groups in total. The second kappa shape index (κ2) is 5.12. The van der Waals surface area contributed by atoms with Crippen molar-refractivity contribution in [2.45, 2.75) is 26.2 Å². The molecular formula is C14H17NO3. The number of rotatable bonds is 5. The van der Waals surface area contributed by atoms with Gasteiger partial charge in [0.2, 0.25) is 0 Å². The van der Waals surface area contributed by atoms with E-state index in [-0.39, 0.29) is 6.42 Å². The number of H-pyrrole nitrogens is 1. The molecule has 18 heavy (non-hydrogen) atoms. The van der Waals surface area contributed by atoms with Crippen molar-refractivity contribution in [3.05, 3.63) is 29.5 Å². The Bertz CT molecular complexity index is 572. The molecule has 2 rings (SSSR count). The Labute approximate surface area is 106 Å². The van der Waals surface area contributed by atoms with Gasteiger partial charge in [0, 0.05) is 23.0 Å². The normalized spacial score (nSPS) is 10.8. The number of carbonyl (C=O) groups is 1. The van der Waals surface area contributed by atoms with Gasteiger partial charge in [-0.15, -0.1) is 0 Å². The largest absolute Gasteiger partial charge is 0.496 e. The molecule has 0 amide bonds. The molecule has 4 heteroatoms. The molecule has 96 valence electrons. The number of methoxy groups -OCH3 is 1. The molecule has 0 aliphatic heterocycles. The van der Waals surface area contributed by atoms with E-state index >= 15 is 0 Å². The molecule has 0 fully saturated rings. The van der Waals surface area contributed by atoms with E-state index in [0.29, 0.717) is 12.8 Å². The van der Waals surface area contributed by atoms with Crippen LogP contribution in [0, 0.1) is 6.92 Å². The average Bonchev–Trinajstić information content (AvgIpc) is 2.66. The number of aryl methyl sites for hydroxylation is 2. The first-order valence-electron chi connectivity index (χ1n) is 5.98. The van der Waals surface area contributed by atoms with Gasteiger partial charge >= 0.3 is 5.97 Å². The summed E-state index contributed by atoms with van der Waals surface area (Å²) in [5.74, 6) is 0.0673. The topological polar surface area (TPSA) is 62.3 Å². The van der Waals surface area contributed by atoms with Gasteiger partial charge in [-0.05, 0) is 43.5 Å². The lowest BCUT2D eigenvalue weighted by atomic mass is 10.1. The number of benzene rings is 1. The maximum absolute atomic E-state index is 10.5. The van der Waals surface area contributed by atoms with Crippen molar-refractivity contribution in [2.24, 2.45) is 0 Å². The van der Waals surface area contributed by atoms with Crippen molar-refractivity contribution in [1.82, 2.24) is 4.98 Å². The molecule has 0 aliphatic carbocycles. The predicted octanol–water partition coefficient (Wildman–Crippen LogP) is 2.89. The van der Waals surface area contributed by atoms with E-state index < -0.39 is 5.97 Å². The van der Waals surface area contributed by atoms with Crippen LogP contribution in [0.1, 0.15) is 24.1 Å². The highest BCUT2D eigenvalue weighted by Gasteiger charge is 2.08. The van der Waals surface area contributed by atoms with E-state index in [9.17, 15) is 4.79 Å². The van der Waals surface area contributed by atoms with Gasteiger partial charge < -0.3 is 14.8 Å². The molecule has 0 atom stereocenters. The fourth-order valence-corrected chi connectivity index (χ4v) is 2.17. The van der Waals surface area contributed by atoms with Gasteiger partial charge in [0.25, 0.3) is 0 Å². The minimum Gasteiger partial charge on any atom is -0.496 e. The van der Waals surface area contributed by atoms with Crippen molar-refractivity contribution in [3.8, 4) is 5.75 Å². The summed E-state index contributed by atoms with van der Waals surface area (Å²) in [4.78, 5) is 13.8. The summed E-state index contributed by atoms with van der Waals surface area (Å²) >= 11 is 0. The highest BCUT2D eigenvalue weighted by Crippen LogP contribution is 2.27. The summed E-state index contributed by atoms with van der Waals surface area (Å²) in [5, 5.41) is 9.77. The second-order valence-corrected chi connectivity index (χ2v) is 4.45. The van der Waals surface area contributed by atoms with Gasteiger partial charge in [-0.3, -0.25) is 4.79 Å². The van der Waals surface area contributed by atoms with Crippen LogP contribution in [0.2, 0.25) is 0 Å². The molecule has 1 heterocycles. The van der Waals surface area contributed by atoms with E-state index in [2.05, 4.69) is 11.1 Å². The third kappa shape index (κ3) is 2.64. The lowest BCUT2D eigenvalue weighted by molar-refractivity contribution is -0.137. The van der Waals surface area contributed by atoms with Crippen LogP contribution in [-0.4, -0.2) is 23.2 Å². The standard InChI is InChI=1S/C14H17NO3/c1-9-6-11-8-13(18-2)10(7-12(11)15-9)4-3-5-14(16)17/h6-8,15H,3-5H2,1-2H3,(H,16,17). The van der Waals surface area contributed by atoms with Crippen LogP contribution in [0.15, 0.2) is 18.2 Å². The first-order valence-corrected chi connectivity index (χ1v) is 5.98. The number of nitrogens with one attached hydrogen (secondary N) is 1. The van der Waals surface area contributed by atoms with E-state index in [4.69, 9.17) is 9.84 Å². The number of fused-ring (bicyclic) bond motifs is 1. The Hall–Kier alpha value is -1.97. The van der Waals surface area contributed by atoms with Gasteiger partial charge in [0.15, 0.2) is 0 Å². The summed E-state index contributed by atoms with van der Waals surface area (Å²) in [7, 11) is 1.64. The number of hydrogen-bond donors (Lipinski definition) is 2. The zero-order chi connectivity index (χ0) is 13.1. The lowest BCUT2D eigenvalue weighted by Gasteiger charge is -2.08. The average molecular weight is 247 g/mol. The van der Waals surface area contributed by atoms with E-state index in [1.54, 1.807) is 7.11 Å².